The maximum Gasteiger partial charge on any atom is 0.407 e. The van der Waals surface area contributed by atoms with Gasteiger partial charge >= 0.3 is 6.09 Å². The minimum Gasteiger partial charge on any atom is -0.449 e. The Morgan fingerprint density at radius 2 is 1.59 bits per heavy atom. The van der Waals surface area contributed by atoms with E-state index in [4.69, 9.17) is 4.74 Å². The Balaban J connectivity index is 1.33. The van der Waals surface area contributed by atoms with E-state index in [2.05, 4.69) is 39.9 Å². The van der Waals surface area contributed by atoms with Crippen LogP contribution in [0, 0.1) is 5.92 Å². The van der Waals surface area contributed by atoms with E-state index in [9.17, 15) is 9.59 Å². The van der Waals surface area contributed by atoms with Gasteiger partial charge in [-0.1, -0.05) is 86.1 Å². The number of benzene rings is 3. The van der Waals surface area contributed by atoms with Crippen LogP contribution in [-0.4, -0.2) is 39.6 Å². The highest BCUT2D eigenvalue weighted by Gasteiger charge is 2.32. The summed E-state index contributed by atoms with van der Waals surface area (Å²) in [5.41, 5.74) is 5.84. The van der Waals surface area contributed by atoms with Crippen LogP contribution in [0.25, 0.3) is 22.2 Å². The lowest BCUT2D eigenvalue weighted by Gasteiger charge is -2.23. The highest BCUT2D eigenvalue weighted by atomic mass is 16.5. The Morgan fingerprint density at radius 1 is 0.971 bits per heavy atom. The minimum absolute atomic E-state index is 0.0461. The third-order valence-electron chi connectivity index (χ3n) is 6.66. The summed E-state index contributed by atoms with van der Waals surface area (Å²) in [6.07, 6.45) is 0.0807. The highest BCUT2D eigenvalue weighted by Crippen LogP contribution is 2.44. The lowest BCUT2D eigenvalue weighted by molar-refractivity contribution is 0.0786. The molecule has 0 fully saturated rings. The van der Waals surface area contributed by atoms with Gasteiger partial charge in [-0.2, -0.15) is 4.68 Å². The van der Waals surface area contributed by atoms with Gasteiger partial charge in [0.25, 0.3) is 5.91 Å². The molecule has 7 heteroatoms. The second-order valence-corrected chi connectivity index (χ2v) is 8.66. The van der Waals surface area contributed by atoms with Crippen molar-refractivity contribution in [2.45, 2.75) is 32.2 Å². The van der Waals surface area contributed by atoms with Crippen molar-refractivity contribution < 1.29 is 14.3 Å². The summed E-state index contributed by atoms with van der Waals surface area (Å²) in [5.74, 6) is -0.498. The molecule has 7 nitrogen and oxygen atoms in total. The molecule has 3 aromatic carbocycles. The molecule has 5 rings (SSSR count). The largest absolute Gasteiger partial charge is 0.449 e. The summed E-state index contributed by atoms with van der Waals surface area (Å²) in [6, 6.07) is 22.8. The minimum atomic E-state index is -0.786. The molecule has 0 aliphatic heterocycles. The zero-order chi connectivity index (χ0) is 23.7. The maximum absolute atomic E-state index is 13.3. The number of carbonyl (C=O) groups is 2. The average Bonchev–Trinajstić information content (AvgIpc) is 3.45. The number of hydrogen-bond donors (Lipinski definition) is 1. The third kappa shape index (κ3) is 3.83. The molecule has 1 aliphatic rings. The van der Waals surface area contributed by atoms with E-state index < -0.39 is 12.1 Å². The van der Waals surface area contributed by atoms with E-state index in [1.807, 2.05) is 50.2 Å². The SMILES string of the molecule is CC[C@H](C)[C@H](NC(=O)OCC1c2ccccc2-c2ccccc21)C(=O)n1nnc2ccccc21. The van der Waals surface area contributed by atoms with Crippen molar-refractivity contribution in [2.24, 2.45) is 5.92 Å². The Kier molecular flexibility index (Phi) is 5.84. The number of amides is 1. The molecular formula is C27H26N4O3. The van der Waals surface area contributed by atoms with Gasteiger partial charge in [-0.05, 0) is 40.3 Å². The van der Waals surface area contributed by atoms with Gasteiger partial charge in [-0.25, -0.2) is 4.79 Å². The lowest BCUT2D eigenvalue weighted by atomic mass is 9.98. The number of nitrogens with one attached hydrogen (secondary N) is 1. The van der Waals surface area contributed by atoms with Gasteiger partial charge in [0.1, 0.15) is 18.2 Å². The van der Waals surface area contributed by atoms with E-state index in [0.29, 0.717) is 17.5 Å². The maximum atomic E-state index is 13.3. The van der Waals surface area contributed by atoms with Gasteiger partial charge < -0.3 is 10.1 Å². The van der Waals surface area contributed by atoms with Crippen molar-refractivity contribution in [1.82, 2.24) is 20.3 Å². The third-order valence-corrected chi connectivity index (χ3v) is 6.66. The second-order valence-electron chi connectivity index (χ2n) is 8.66. The predicted octanol–water partition coefficient (Wildman–Crippen LogP) is 5.02. The zero-order valence-electron chi connectivity index (χ0n) is 19.1. The summed E-state index contributed by atoms with van der Waals surface area (Å²) >= 11 is 0. The van der Waals surface area contributed by atoms with Crippen LogP contribution in [-0.2, 0) is 4.74 Å². The number of para-hydroxylation sites is 1. The van der Waals surface area contributed by atoms with Crippen LogP contribution in [0.5, 0.6) is 0 Å². The molecular weight excluding hydrogens is 428 g/mol. The normalized spacial score (nSPS) is 14.3. The number of aromatic nitrogens is 3. The van der Waals surface area contributed by atoms with Crippen molar-refractivity contribution >= 4 is 23.0 Å². The second kappa shape index (κ2) is 9.09. The van der Waals surface area contributed by atoms with Gasteiger partial charge in [0, 0.05) is 5.92 Å². The van der Waals surface area contributed by atoms with E-state index in [1.165, 1.54) is 4.68 Å². The van der Waals surface area contributed by atoms with Gasteiger partial charge in [0.2, 0.25) is 0 Å². The van der Waals surface area contributed by atoms with Gasteiger partial charge in [0.15, 0.2) is 0 Å². The van der Waals surface area contributed by atoms with E-state index in [1.54, 1.807) is 12.1 Å². The van der Waals surface area contributed by atoms with Crippen LogP contribution < -0.4 is 5.32 Å². The van der Waals surface area contributed by atoms with Crippen LogP contribution in [0.3, 0.4) is 0 Å². The monoisotopic (exact) mass is 454 g/mol. The van der Waals surface area contributed by atoms with Crippen molar-refractivity contribution in [1.29, 1.82) is 0 Å². The summed E-state index contributed by atoms with van der Waals surface area (Å²) in [5, 5.41) is 10.9. The van der Waals surface area contributed by atoms with E-state index in [0.717, 1.165) is 22.3 Å². The number of ether oxygens (including phenoxy) is 1. The first-order chi connectivity index (χ1) is 16.6. The van der Waals surface area contributed by atoms with Crippen molar-refractivity contribution in [3.05, 3.63) is 83.9 Å². The molecule has 172 valence electrons. The smallest absolute Gasteiger partial charge is 0.407 e. The molecule has 0 unspecified atom stereocenters. The fourth-order valence-electron chi connectivity index (χ4n) is 4.61. The molecule has 34 heavy (non-hydrogen) atoms. The van der Waals surface area contributed by atoms with Crippen molar-refractivity contribution in [3.8, 4) is 11.1 Å². The molecule has 0 saturated carbocycles. The fourth-order valence-corrected chi connectivity index (χ4v) is 4.61. The van der Waals surface area contributed by atoms with Crippen LogP contribution in [0.1, 0.15) is 42.1 Å². The molecule has 1 N–H and O–H groups in total. The van der Waals surface area contributed by atoms with Crippen LogP contribution in [0.15, 0.2) is 72.8 Å². The first kappa shape index (κ1) is 21.8. The molecule has 1 amide bonds. The van der Waals surface area contributed by atoms with Gasteiger partial charge in [-0.15, -0.1) is 5.10 Å². The van der Waals surface area contributed by atoms with Gasteiger partial charge in [-0.3, -0.25) is 4.79 Å². The molecule has 0 bridgehead atoms. The summed E-state index contributed by atoms with van der Waals surface area (Å²) in [6.45, 7) is 4.09. The van der Waals surface area contributed by atoms with Gasteiger partial charge in [0.05, 0.1) is 5.52 Å². The van der Waals surface area contributed by atoms with Crippen molar-refractivity contribution in [3.63, 3.8) is 0 Å². The summed E-state index contributed by atoms with van der Waals surface area (Å²) in [4.78, 5) is 26.2. The molecule has 4 aromatic rings. The van der Waals surface area contributed by atoms with Crippen LogP contribution >= 0.6 is 0 Å². The highest BCUT2D eigenvalue weighted by molar-refractivity contribution is 5.93. The first-order valence-electron chi connectivity index (χ1n) is 11.5. The fraction of sp³-hybridized carbons (Fsp3) is 0.259. The lowest BCUT2D eigenvalue weighted by Crippen LogP contribution is -2.47. The van der Waals surface area contributed by atoms with E-state index in [-0.39, 0.29) is 24.3 Å². The molecule has 2 atom stereocenters. The molecule has 1 heterocycles. The zero-order valence-corrected chi connectivity index (χ0v) is 19.1. The van der Waals surface area contributed by atoms with Crippen LogP contribution in [0.2, 0.25) is 0 Å². The van der Waals surface area contributed by atoms with E-state index >= 15 is 0 Å². The molecule has 0 spiro atoms. The number of rotatable bonds is 6. The Hall–Kier alpha value is -4.00. The first-order valence-corrected chi connectivity index (χ1v) is 11.5. The Labute approximate surface area is 197 Å². The standard InChI is InChI=1S/C27H26N4O3/c1-3-17(2)25(26(32)31-24-15-9-8-14-23(24)29-30-31)28-27(33)34-16-22-20-12-6-4-10-18(20)19-11-5-7-13-21(19)22/h4-15,17,22,25H,3,16H2,1-2H3,(H,28,33)/t17-,25-/m0/s1. The quantitative estimate of drug-likeness (QED) is 0.442. The summed E-state index contributed by atoms with van der Waals surface area (Å²) < 4.78 is 6.93. The van der Waals surface area contributed by atoms with Crippen molar-refractivity contribution in [2.75, 3.05) is 6.61 Å². The number of hydrogen-bond acceptors (Lipinski definition) is 5. The number of carbonyl (C=O) groups excluding carboxylic acids is 2. The number of fused-ring (bicyclic) bond motifs is 4. The molecule has 1 aliphatic carbocycles. The molecule has 1 aromatic heterocycles. The predicted molar refractivity (Wildman–Crippen MR) is 130 cm³/mol. The Bertz CT molecular complexity index is 1320. The molecule has 0 radical (unpaired) electrons. The Morgan fingerprint density at radius 3 is 2.26 bits per heavy atom. The topological polar surface area (TPSA) is 86.1 Å². The molecule has 0 saturated heterocycles. The number of nitrogens with zero attached hydrogens (tertiary/aromatic N) is 3. The summed E-state index contributed by atoms with van der Waals surface area (Å²) in [7, 11) is 0. The number of alkyl carbamates (subject to hydrolysis) is 1. The average molecular weight is 455 g/mol. The van der Waals surface area contributed by atoms with Crippen LogP contribution in [0.4, 0.5) is 4.79 Å².